The summed E-state index contributed by atoms with van der Waals surface area (Å²) in [6.45, 7) is 3.85. The van der Waals surface area contributed by atoms with Gasteiger partial charge in [0.1, 0.15) is 11.6 Å². The van der Waals surface area contributed by atoms with E-state index in [9.17, 15) is 26.7 Å². The first-order chi connectivity index (χ1) is 17.9. The highest BCUT2D eigenvalue weighted by molar-refractivity contribution is 6.31. The lowest BCUT2D eigenvalue weighted by atomic mass is 9.90. The number of alkyl halides is 3. The van der Waals surface area contributed by atoms with E-state index < -0.39 is 40.8 Å². The smallest absolute Gasteiger partial charge is 0.383 e. The standard InChI is InChI=1S/C28H21ClF5N3O/c1-13(2)36-18-11-20-19-5-6-35-26(19)25(21-10-16(30)3-4-22(21)29)24(20)23(12-18)37-27(38)14-7-15(28(32,33)34)9-17(31)8-14/h3-13,25,35-36H,1-2H3,(H,37,38). The molecule has 1 aromatic heterocycles. The van der Waals surface area contributed by atoms with Crippen molar-refractivity contribution < 1.29 is 26.7 Å². The van der Waals surface area contributed by atoms with Crippen LogP contribution >= 0.6 is 11.6 Å². The zero-order chi connectivity index (χ0) is 27.4. The number of H-pyrrole nitrogens is 1. The quantitative estimate of drug-likeness (QED) is 0.195. The number of carbonyl (C=O) groups excluding carboxylic acids is 1. The van der Waals surface area contributed by atoms with Crippen molar-refractivity contribution in [2.75, 3.05) is 10.6 Å². The summed E-state index contributed by atoms with van der Waals surface area (Å²) < 4.78 is 68.2. The third-order valence-corrected chi connectivity index (χ3v) is 6.63. The minimum Gasteiger partial charge on any atom is -0.383 e. The van der Waals surface area contributed by atoms with Gasteiger partial charge in [0, 0.05) is 45.5 Å². The van der Waals surface area contributed by atoms with Gasteiger partial charge in [0.2, 0.25) is 0 Å². The normalized spacial score (nSPS) is 14.4. The third-order valence-electron chi connectivity index (χ3n) is 6.29. The minimum atomic E-state index is -4.83. The molecule has 1 heterocycles. The molecule has 0 fully saturated rings. The van der Waals surface area contributed by atoms with E-state index in [1.807, 2.05) is 26.0 Å². The van der Waals surface area contributed by atoms with Gasteiger partial charge < -0.3 is 15.6 Å². The van der Waals surface area contributed by atoms with Crippen LogP contribution < -0.4 is 10.6 Å². The topological polar surface area (TPSA) is 56.9 Å². The molecule has 10 heteroatoms. The molecule has 0 aliphatic heterocycles. The van der Waals surface area contributed by atoms with Crippen LogP contribution in [0.1, 0.15) is 52.5 Å². The number of nitrogens with one attached hydrogen (secondary N) is 3. The van der Waals surface area contributed by atoms with Crippen molar-refractivity contribution in [1.29, 1.82) is 0 Å². The molecule has 1 unspecified atom stereocenters. The van der Waals surface area contributed by atoms with E-state index in [4.69, 9.17) is 11.6 Å². The SMILES string of the molecule is CC(C)Nc1cc(NC(=O)c2cc(F)cc(C(F)(F)F)c2)c2c(c1)-c1cc[nH]c1C2c1cc(F)ccc1Cl. The predicted molar refractivity (Wildman–Crippen MR) is 137 cm³/mol. The second kappa shape index (κ2) is 9.47. The Morgan fingerprint density at radius 3 is 2.45 bits per heavy atom. The maximum Gasteiger partial charge on any atom is 0.416 e. The summed E-state index contributed by atoms with van der Waals surface area (Å²) in [5, 5.41) is 6.24. The summed E-state index contributed by atoms with van der Waals surface area (Å²) >= 11 is 6.48. The third kappa shape index (κ3) is 4.74. The molecular weight excluding hydrogens is 525 g/mol. The second-order valence-electron chi connectivity index (χ2n) is 9.37. The Balaban J connectivity index is 1.67. The van der Waals surface area contributed by atoms with Crippen LogP contribution in [-0.2, 0) is 6.18 Å². The van der Waals surface area contributed by atoms with E-state index in [-0.39, 0.29) is 11.7 Å². The van der Waals surface area contributed by atoms with E-state index in [0.717, 1.165) is 22.9 Å². The van der Waals surface area contributed by atoms with Gasteiger partial charge in [-0.3, -0.25) is 4.79 Å². The molecule has 5 rings (SSSR count). The summed E-state index contributed by atoms with van der Waals surface area (Å²) in [7, 11) is 0. The first kappa shape index (κ1) is 25.8. The molecule has 4 nitrogen and oxygen atoms in total. The molecule has 0 radical (unpaired) electrons. The van der Waals surface area contributed by atoms with Gasteiger partial charge in [-0.05, 0) is 85.1 Å². The Morgan fingerprint density at radius 1 is 0.974 bits per heavy atom. The van der Waals surface area contributed by atoms with Crippen LogP contribution in [0.3, 0.4) is 0 Å². The van der Waals surface area contributed by atoms with Crippen molar-refractivity contribution in [2.24, 2.45) is 0 Å². The Kier molecular flexibility index (Phi) is 6.43. The van der Waals surface area contributed by atoms with Gasteiger partial charge in [-0.25, -0.2) is 8.78 Å². The number of amides is 1. The van der Waals surface area contributed by atoms with Gasteiger partial charge >= 0.3 is 6.18 Å². The Labute approximate surface area is 219 Å². The molecule has 196 valence electrons. The molecule has 0 saturated heterocycles. The number of hydrogen-bond acceptors (Lipinski definition) is 2. The van der Waals surface area contributed by atoms with Crippen LogP contribution in [0.4, 0.5) is 33.3 Å². The second-order valence-corrected chi connectivity index (χ2v) is 9.78. The largest absolute Gasteiger partial charge is 0.416 e. The number of rotatable bonds is 5. The first-order valence-electron chi connectivity index (χ1n) is 11.7. The van der Waals surface area contributed by atoms with Crippen LogP contribution in [0.25, 0.3) is 11.1 Å². The van der Waals surface area contributed by atoms with Crippen LogP contribution in [0.5, 0.6) is 0 Å². The van der Waals surface area contributed by atoms with Crippen LogP contribution in [0.2, 0.25) is 5.02 Å². The van der Waals surface area contributed by atoms with E-state index in [0.29, 0.717) is 34.0 Å². The minimum absolute atomic E-state index is 0.0229. The highest BCUT2D eigenvalue weighted by Gasteiger charge is 2.36. The fourth-order valence-electron chi connectivity index (χ4n) is 4.83. The van der Waals surface area contributed by atoms with Crippen molar-refractivity contribution in [3.05, 3.63) is 105 Å². The molecular formula is C28H21ClF5N3O. The number of carbonyl (C=O) groups is 1. The van der Waals surface area contributed by atoms with Gasteiger partial charge in [0.05, 0.1) is 11.5 Å². The lowest BCUT2D eigenvalue weighted by Gasteiger charge is -2.21. The van der Waals surface area contributed by atoms with Crippen molar-refractivity contribution in [3.63, 3.8) is 0 Å². The molecule has 0 saturated carbocycles. The maximum atomic E-state index is 14.3. The zero-order valence-corrected chi connectivity index (χ0v) is 20.9. The number of halogens is 6. The number of anilines is 2. The highest BCUT2D eigenvalue weighted by atomic mass is 35.5. The maximum absolute atomic E-state index is 14.3. The average Bonchev–Trinajstić information content (AvgIpc) is 3.41. The Bertz CT molecular complexity index is 1560. The van der Waals surface area contributed by atoms with E-state index in [2.05, 4.69) is 15.6 Å². The number of aromatic amines is 1. The fraction of sp³-hybridized carbons (Fsp3) is 0.179. The Hall–Kier alpha value is -3.85. The highest BCUT2D eigenvalue weighted by Crippen LogP contribution is 2.53. The van der Waals surface area contributed by atoms with E-state index in [1.165, 1.54) is 18.2 Å². The van der Waals surface area contributed by atoms with Gasteiger partial charge in [0.15, 0.2) is 0 Å². The summed E-state index contributed by atoms with van der Waals surface area (Å²) in [6, 6.07) is 11.0. The van der Waals surface area contributed by atoms with Crippen molar-refractivity contribution in [1.82, 2.24) is 4.98 Å². The van der Waals surface area contributed by atoms with Gasteiger partial charge in [-0.2, -0.15) is 13.2 Å². The number of fused-ring (bicyclic) bond motifs is 3. The predicted octanol–water partition coefficient (Wildman–Crippen LogP) is 8.20. The Morgan fingerprint density at radius 2 is 1.74 bits per heavy atom. The summed E-state index contributed by atoms with van der Waals surface area (Å²) in [6.07, 6.45) is -3.10. The number of aromatic nitrogens is 1. The fourth-order valence-corrected chi connectivity index (χ4v) is 5.06. The summed E-state index contributed by atoms with van der Waals surface area (Å²) in [5.74, 6) is -3.24. The van der Waals surface area contributed by atoms with Gasteiger partial charge in [-0.15, -0.1) is 0 Å². The van der Waals surface area contributed by atoms with Crippen LogP contribution in [0, 0.1) is 11.6 Å². The molecule has 0 spiro atoms. The number of hydrogen-bond donors (Lipinski definition) is 3. The molecule has 1 atom stereocenters. The molecule has 4 aromatic rings. The van der Waals surface area contributed by atoms with Gasteiger partial charge in [-0.1, -0.05) is 11.6 Å². The lowest BCUT2D eigenvalue weighted by Crippen LogP contribution is -2.17. The van der Waals surface area contributed by atoms with Gasteiger partial charge in [0.25, 0.3) is 5.91 Å². The molecule has 0 bridgehead atoms. The lowest BCUT2D eigenvalue weighted by molar-refractivity contribution is -0.137. The molecule has 1 amide bonds. The first-order valence-corrected chi connectivity index (χ1v) is 12.1. The monoisotopic (exact) mass is 545 g/mol. The van der Waals surface area contributed by atoms with E-state index >= 15 is 0 Å². The van der Waals surface area contributed by atoms with Crippen molar-refractivity contribution >= 4 is 28.9 Å². The molecule has 38 heavy (non-hydrogen) atoms. The zero-order valence-electron chi connectivity index (χ0n) is 20.1. The molecule has 3 N–H and O–H groups in total. The molecule has 1 aliphatic carbocycles. The van der Waals surface area contributed by atoms with Crippen LogP contribution in [-0.4, -0.2) is 16.9 Å². The summed E-state index contributed by atoms with van der Waals surface area (Å²) in [5.41, 5.74) is 2.41. The summed E-state index contributed by atoms with van der Waals surface area (Å²) in [4.78, 5) is 16.4. The van der Waals surface area contributed by atoms with Crippen LogP contribution in [0.15, 0.2) is 60.8 Å². The van der Waals surface area contributed by atoms with Crippen molar-refractivity contribution in [2.45, 2.75) is 32.0 Å². The number of benzene rings is 3. The van der Waals surface area contributed by atoms with Crippen molar-refractivity contribution in [3.8, 4) is 11.1 Å². The molecule has 3 aromatic carbocycles. The molecule has 1 aliphatic rings. The van der Waals surface area contributed by atoms with E-state index in [1.54, 1.807) is 12.3 Å². The average molecular weight is 546 g/mol.